The minimum absolute atomic E-state index is 0.0443. The molecule has 0 saturated heterocycles. The van der Waals surface area contributed by atoms with Gasteiger partial charge in [-0.15, -0.1) is 11.3 Å². The number of allylic oxidation sites excluding steroid dienone is 5. The Hall–Kier alpha value is -1.87. The van der Waals surface area contributed by atoms with Crippen LogP contribution in [-0.2, 0) is 4.79 Å². The third kappa shape index (κ3) is 4.72. The number of rotatable bonds is 4. The van der Waals surface area contributed by atoms with Crippen molar-refractivity contribution in [1.29, 1.82) is 0 Å². The molecule has 0 atom stereocenters. The van der Waals surface area contributed by atoms with E-state index >= 15 is 0 Å². The SMILES string of the molecule is O=C(/C=C/C=C/C=C/c1cccs1)N1C=CCCC1. The topological polar surface area (TPSA) is 20.3 Å². The predicted molar refractivity (Wildman–Crippen MR) is 81.7 cm³/mol. The van der Waals surface area contributed by atoms with Crippen molar-refractivity contribution < 1.29 is 4.79 Å². The number of thiophene rings is 1. The molecule has 0 aliphatic carbocycles. The molecule has 0 saturated carbocycles. The highest BCUT2D eigenvalue weighted by atomic mass is 32.1. The molecule has 0 aromatic carbocycles. The van der Waals surface area contributed by atoms with Crippen LogP contribution in [0, 0.1) is 0 Å². The first-order valence-corrected chi connectivity index (χ1v) is 7.26. The first kappa shape index (κ1) is 13.6. The molecule has 1 aliphatic heterocycles. The van der Waals surface area contributed by atoms with Crippen LogP contribution in [0.2, 0.25) is 0 Å². The molecule has 2 nitrogen and oxygen atoms in total. The predicted octanol–water partition coefficient (Wildman–Crippen LogP) is 4.01. The Morgan fingerprint density at radius 1 is 1.26 bits per heavy atom. The minimum Gasteiger partial charge on any atom is -0.316 e. The Kier molecular flexibility index (Phi) is 5.38. The largest absolute Gasteiger partial charge is 0.316 e. The molecule has 1 amide bonds. The van der Waals surface area contributed by atoms with Gasteiger partial charge in [-0.3, -0.25) is 4.79 Å². The van der Waals surface area contributed by atoms with Crippen LogP contribution in [0.1, 0.15) is 17.7 Å². The van der Waals surface area contributed by atoms with Crippen molar-refractivity contribution in [3.63, 3.8) is 0 Å². The molecule has 0 N–H and O–H groups in total. The second kappa shape index (κ2) is 7.54. The Morgan fingerprint density at radius 2 is 2.16 bits per heavy atom. The normalized spacial score (nSPS) is 16.1. The summed E-state index contributed by atoms with van der Waals surface area (Å²) >= 11 is 1.70. The van der Waals surface area contributed by atoms with E-state index in [9.17, 15) is 4.79 Å². The number of carbonyl (C=O) groups is 1. The van der Waals surface area contributed by atoms with Crippen molar-refractivity contribution in [1.82, 2.24) is 4.90 Å². The van der Waals surface area contributed by atoms with Gasteiger partial charge in [-0.1, -0.05) is 36.4 Å². The van der Waals surface area contributed by atoms with E-state index < -0.39 is 0 Å². The molecular formula is C16H17NOS. The van der Waals surface area contributed by atoms with E-state index in [0.717, 1.165) is 19.4 Å². The lowest BCUT2D eigenvalue weighted by Crippen LogP contribution is -2.26. The van der Waals surface area contributed by atoms with Crippen LogP contribution in [0.15, 0.2) is 60.2 Å². The van der Waals surface area contributed by atoms with Crippen LogP contribution in [-0.4, -0.2) is 17.4 Å². The molecule has 2 heterocycles. The molecule has 1 aliphatic rings. The highest BCUT2D eigenvalue weighted by Gasteiger charge is 2.08. The molecule has 1 aromatic heterocycles. The lowest BCUT2D eigenvalue weighted by Gasteiger charge is -2.19. The van der Waals surface area contributed by atoms with Gasteiger partial charge in [0.25, 0.3) is 0 Å². The first-order valence-electron chi connectivity index (χ1n) is 6.38. The summed E-state index contributed by atoms with van der Waals surface area (Å²) in [5.41, 5.74) is 0. The van der Waals surface area contributed by atoms with Gasteiger partial charge in [-0.05, 0) is 30.4 Å². The highest BCUT2D eigenvalue weighted by Crippen LogP contribution is 2.10. The second-order valence-corrected chi connectivity index (χ2v) is 5.16. The van der Waals surface area contributed by atoms with E-state index in [2.05, 4.69) is 6.07 Å². The number of amides is 1. The monoisotopic (exact) mass is 271 g/mol. The van der Waals surface area contributed by atoms with Crippen LogP contribution >= 0.6 is 11.3 Å². The van der Waals surface area contributed by atoms with Crippen LogP contribution in [0.5, 0.6) is 0 Å². The molecule has 0 radical (unpaired) electrons. The van der Waals surface area contributed by atoms with E-state index in [1.54, 1.807) is 28.4 Å². The quantitative estimate of drug-likeness (QED) is 0.598. The molecular weight excluding hydrogens is 254 g/mol. The fourth-order valence-electron chi connectivity index (χ4n) is 1.74. The number of carbonyl (C=O) groups excluding carboxylic acids is 1. The molecule has 0 unspecified atom stereocenters. The van der Waals surface area contributed by atoms with Crippen LogP contribution in [0.25, 0.3) is 6.08 Å². The molecule has 1 aromatic rings. The molecule has 19 heavy (non-hydrogen) atoms. The maximum absolute atomic E-state index is 11.8. The van der Waals surface area contributed by atoms with E-state index in [-0.39, 0.29) is 5.91 Å². The zero-order valence-electron chi connectivity index (χ0n) is 10.7. The van der Waals surface area contributed by atoms with Gasteiger partial charge in [0, 0.05) is 23.7 Å². The van der Waals surface area contributed by atoms with Gasteiger partial charge >= 0.3 is 0 Å². The Morgan fingerprint density at radius 3 is 2.89 bits per heavy atom. The summed E-state index contributed by atoms with van der Waals surface area (Å²) in [4.78, 5) is 14.7. The second-order valence-electron chi connectivity index (χ2n) is 4.18. The zero-order valence-corrected chi connectivity index (χ0v) is 11.6. The Balaban J connectivity index is 1.77. The third-order valence-electron chi connectivity index (χ3n) is 2.71. The summed E-state index contributed by atoms with van der Waals surface area (Å²) in [6.45, 7) is 0.821. The van der Waals surface area contributed by atoms with E-state index in [1.165, 1.54) is 4.88 Å². The van der Waals surface area contributed by atoms with Crippen molar-refractivity contribution in [2.45, 2.75) is 12.8 Å². The van der Waals surface area contributed by atoms with Crippen molar-refractivity contribution in [3.8, 4) is 0 Å². The van der Waals surface area contributed by atoms with Crippen molar-refractivity contribution in [2.75, 3.05) is 6.54 Å². The fraction of sp³-hybridized carbons (Fsp3) is 0.188. The fourth-order valence-corrected chi connectivity index (χ4v) is 2.37. The third-order valence-corrected chi connectivity index (χ3v) is 3.55. The summed E-state index contributed by atoms with van der Waals surface area (Å²) in [5.74, 6) is 0.0443. The average Bonchev–Trinajstić information content (AvgIpc) is 2.96. The van der Waals surface area contributed by atoms with Gasteiger partial charge in [0.05, 0.1) is 0 Å². The van der Waals surface area contributed by atoms with Crippen LogP contribution < -0.4 is 0 Å². The van der Waals surface area contributed by atoms with Crippen molar-refractivity contribution >= 4 is 23.3 Å². The van der Waals surface area contributed by atoms with Gasteiger partial charge in [0.15, 0.2) is 0 Å². The first-order chi connectivity index (χ1) is 9.36. The van der Waals surface area contributed by atoms with Gasteiger partial charge in [-0.25, -0.2) is 0 Å². The summed E-state index contributed by atoms with van der Waals surface area (Å²) in [6.07, 6.45) is 17.2. The Bertz CT molecular complexity index is 509. The lowest BCUT2D eigenvalue weighted by atomic mass is 10.2. The molecule has 2 rings (SSSR count). The molecule has 0 fully saturated rings. The highest BCUT2D eigenvalue weighted by molar-refractivity contribution is 7.10. The van der Waals surface area contributed by atoms with E-state index in [0.29, 0.717) is 0 Å². The van der Waals surface area contributed by atoms with Gasteiger partial charge in [0.2, 0.25) is 5.91 Å². The maximum Gasteiger partial charge on any atom is 0.250 e. The van der Waals surface area contributed by atoms with Gasteiger partial charge < -0.3 is 4.90 Å². The van der Waals surface area contributed by atoms with Gasteiger partial charge in [-0.2, -0.15) is 0 Å². The lowest BCUT2D eigenvalue weighted by molar-refractivity contribution is -0.123. The van der Waals surface area contributed by atoms with Crippen molar-refractivity contribution in [2.24, 2.45) is 0 Å². The summed E-state index contributed by atoms with van der Waals surface area (Å²) in [6, 6.07) is 4.09. The molecule has 0 bridgehead atoms. The molecule has 3 heteroatoms. The number of hydrogen-bond donors (Lipinski definition) is 0. The zero-order chi connectivity index (χ0) is 13.3. The summed E-state index contributed by atoms with van der Waals surface area (Å²) < 4.78 is 0. The van der Waals surface area contributed by atoms with Crippen LogP contribution in [0.3, 0.4) is 0 Å². The maximum atomic E-state index is 11.8. The summed E-state index contributed by atoms with van der Waals surface area (Å²) in [7, 11) is 0. The molecule has 0 spiro atoms. The average molecular weight is 271 g/mol. The summed E-state index contributed by atoms with van der Waals surface area (Å²) in [5, 5.41) is 2.05. The van der Waals surface area contributed by atoms with Crippen LogP contribution in [0.4, 0.5) is 0 Å². The van der Waals surface area contributed by atoms with Crippen molar-refractivity contribution in [3.05, 3.63) is 65.0 Å². The molecule has 98 valence electrons. The number of hydrogen-bond acceptors (Lipinski definition) is 2. The smallest absolute Gasteiger partial charge is 0.250 e. The minimum atomic E-state index is 0.0443. The van der Waals surface area contributed by atoms with E-state index in [1.807, 2.05) is 48.0 Å². The standard InChI is InChI=1S/C16H17NOS/c18-16(17-12-6-3-7-13-17)11-5-2-1-4-9-15-10-8-14-19-15/h1-2,4-6,8-12,14H,3,7,13H2/b2-1+,9-4+,11-5+. The van der Waals surface area contributed by atoms with Gasteiger partial charge in [0.1, 0.15) is 0 Å². The van der Waals surface area contributed by atoms with E-state index in [4.69, 9.17) is 0 Å². The number of nitrogens with zero attached hydrogens (tertiary/aromatic N) is 1. The Labute approximate surface area is 118 Å².